The van der Waals surface area contributed by atoms with E-state index in [4.69, 9.17) is 10.5 Å². The fourth-order valence-electron chi connectivity index (χ4n) is 3.90. The van der Waals surface area contributed by atoms with Crippen molar-refractivity contribution in [1.82, 2.24) is 9.80 Å². The molecule has 0 bridgehead atoms. The van der Waals surface area contributed by atoms with Crippen LogP contribution in [0.4, 0.5) is 0 Å². The average Bonchev–Trinajstić information content (AvgIpc) is 2.75. The maximum absolute atomic E-state index is 12.1. The van der Waals surface area contributed by atoms with Gasteiger partial charge in [-0.25, -0.2) is 0 Å². The van der Waals surface area contributed by atoms with Crippen molar-refractivity contribution in [2.45, 2.75) is 63.6 Å². The van der Waals surface area contributed by atoms with Gasteiger partial charge in [0.05, 0.1) is 6.61 Å². The molecule has 1 aliphatic heterocycles. The maximum atomic E-state index is 12.1. The average molecular weight is 297 g/mol. The Morgan fingerprint density at radius 2 is 2.14 bits per heavy atom. The van der Waals surface area contributed by atoms with Gasteiger partial charge in [0.2, 0.25) is 0 Å². The molecule has 1 heterocycles. The van der Waals surface area contributed by atoms with Gasteiger partial charge in [0.15, 0.2) is 0 Å². The quantitative estimate of drug-likeness (QED) is 0.791. The first-order chi connectivity index (χ1) is 10.00. The molecule has 0 radical (unpaired) electrons. The van der Waals surface area contributed by atoms with Gasteiger partial charge in [-0.15, -0.1) is 0 Å². The molecule has 0 amide bonds. The Hall–Kier alpha value is -0.650. The number of hydrogen-bond donors (Lipinski definition) is 1. The van der Waals surface area contributed by atoms with Gasteiger partial charge in [0.25, 0.3) is 0 Å². The Bertz CT molecular complexity index is 363. The van der Waals surface area contributed by atoms with Crippen molar-refractivity contribution in [3.05, 3.63) is 0 Å². The Morgan fingerprint density at radius 1 is 1.38 bits per heavy atom. The zero-order chi connectivity index (χ0) is 15.5. The second-order valence-electron chi connectivity index (χ2n) is 6.69. The molecule has 2 aliphatic rings. The Morgan fingerprint density at radius 3 is 2.81 bits per heavy atom. The summed E-state index contributed by atoms with van der Waals surface area (Å²) in [4.78, 5) is 17.1. The molecule has 0 aromatic heterocycles. The monoisotopic (exact) mass is 297 g/mol. The summed E-state index contributed by atoms with van der Waals surface area (Å²) >= 11 is 0. The molecule has 0 spiro atoms. The minimum atomic E-state index is -0.767. The predicted octanol–water partition coefficient (Wildman–Crippen LogP) is 1.22. The number of carbonyl (C=O) groups is 1. The van der Waals surface area contributed by atoms with E-state index in [1.807, 2.05) is 6.92 Å². The summed E-state index contributed by atoms with van der Waals surface area (Å²) in [5.41, 5.74) is 5.56. The molecular weight excluding hydrogens is 266 g/mol. The predicted molar refractivity (Wildman–Crippen MR) is 84.1 cm³/mol. The SMILES string of the molecule is CCOC(=O)C1(N)CCC(N2CCCN(C)CC2CC)C1. The first-order valence-corrected chi connectivity index (χ1v) is 8.40. The van der Waals surface area contributed by atoms with Crippen molar-refractivity contribution >= 4 is 5.97 Å². The number of nitrogens with zero attached hydrogens (tertiary/aromatic N) is 2. The van der Waals surface area contributed by atoms with E-state index in [1.165, 1.54) is 6.42 Å². The minimum absolute atomic E-state index is 0.215. The van der Waals surface area contributed by atoms with Gasteiger partial charge in [-0.2, -0.15) is 0 Å². The lowest BCUT2D eigenvalue weighted by Gasteiger charge is -2.35. The van der Waals surface area contributed by atoms with E-state index in [2.05, 4.69) is 23.8 Å². The van der Waals surface area contributed by atoms with Gasteiger partial charge in [-0.3, -0.25) is 9.69 Å². The van der Waals surface area contributed by atoms with Crippen LogP contribution in [-0.4, -0.2) is 66.7 Å². The van der Waals surface area contributed by atoms with E-state index in [9.17, 15) is 4.79 Å². The number of hydrogen-bond acceptors (Lipinski definition) is 5. The highest BCUT2D eigenvalue weighted by atomic mass is 16.5. The van der Waals surface area contributed by atoms with Gasteiger partial charge in [0.1, 0.15) is 5.54 Å². The second kappa shape index (κ2) is 7.07. The molecule has 5 heteroatoms. The Labute approximate surface area is 128 Å². The second-order valence-corrected chi connectivity index (χ2v) is 6.69. The van der Waals surface area contributed by atoms with Crippen molar-refractivity contribution in [1.29, 1.82) is 0 Å². The van der Waals surface area contributed by atoms with E-state index in [0.29, 0.717) is 18.7 Å². The van der Waals surface area contributed by atoms with Crippen LogP contribution >= 0.6 is 0 Å². The standard InChI is InChI=1S/C16H31N3O2/c1-4-13-12-18(3)9-6-10-19(13)14-7-8-16(17,11-14)15(20)21-5-2/h13-14H,4-12,17H2,1-3H3. The minimum Gasteiger partial charge on any atom is -0.465 e. The molecule has 0 aromatic rings. The fourth-order valence-corrected chi connectivity index (χ4v) is 3.90. The molecule has 21 heavy (non-hydrogen) atoms. The molecule has 2 rings (SSSR count). The summed E-state index contributed by atoms with van der Waals surface area (Å²) < 4.78 is 5.17. The highest BCUT2D eigenvalue weighted by molar-refractivity contribution is 5.81. The summed E-state index contributed by atoms with van der Waals surface area (Å²) in [7, 11) is 2.20. The molecule has 1 aliphatic carbocycles. The number of carbonyl (C=O) groups excluding carboxylic acids is 1. The number of nitrogens with two attached hydrogens (primary N) is 1. The molecule has 3 unspecified atom stereocenters. The van der Waals surface area contributed by atoms with E-state index in [-0.39, 0.29) is 5.97 Å². The van der Waals surface area contributed by atoms with E-state index in [1.54, 1.807) is 0 Å². The number of rotatable bonds is 4. The third-order valence-electron chi connectivity index (χ3n) is 5.09. The molecule has 122 valence electrons. The van der Waals surface area contributed by atoms with Crippen LogP contribution in [0.5, 0.6) is 0 Å². The molecular formula is C16H31N3O2. The molecule has 5 nitrogen and oxygen atoms in total. The van der Waals surface area contributed by atoms with Crippen molar-refractivity contribution < 1.29 is 9.53 Å². The smallest absolute Gasteiger partial charge is 0.326 e. The highest BCUT2D eigenvalue weighted by Gasteiger charge is 2.46. The largest absolute Gasteiger partial charge is 0.465 e. The van der Waals surface area contributed by atoms with Crippen LogP contribution in [0.1, 0.15) is 46.0 Å². The van der Waals surface area contributed by atoms with Gasteiger partial charge < -0.3 is 15.4 Å². The van der Waals surface area contributed by atoms with Crippen LogP contribution in [0, 0.1) is 0 Å². The Kier molecular flexibility index (Phi) is 5.63. The van der Waals surface area contributed by atoms with Crippen molar-refractivity contribution in [3.63, 3.8) is 0 Å². The number of esters is 1. The van der Waals surface area contributed by atoms with Crippen LogP contribution < -0.4 is 5.73 Å². The van der Waals surface area contributed by atoms with Gasteiger partial charge >= 0.3 is 5.97 Å². The van der Waals surface area contributed by atoms with Crippen LogP contribution in [-0.2, 0) is 9.53 Å². The first-order valence-electron chi connectivity index (χ1n) is 8.40. The molecule has 3 atom stereocenters. The zero-order valence-electron chi connectivity index (χ0n) is 13.8. The zero-order valence-corrected chi connectivity index (χ0v) is 13.8. The molecule has 0 aromatic carbocycles. The van der Waals surface area contributed by atoms with E-state index >= 15 is 0 Å². The van der Waals surface area contributed by atoms with Crippen LogP contribution in [0.3, 0.4) is 0 Å². The lowest BCUT2D eigenvalue weighted by atomic mass is 9.98. The highest BCUT2D eigenvalue weighted by Crippen LogP contribution is 2.34. The maximum Gasteiger partial charge on any atom is 0.326 e. The Balaban J connectivity index is 2.03. The summed E-state index contributed by atoms with van der Waals surface area (Å²) in [6, 6.07) is 1.00. The normalized spacial score (nSPS) is 35.6. The van der Waals surface area contributed by atoms with Gasteiger partial charge in [-0.05, 0) is 59.2 Å². The number of ether oxygens (including phenoxy) is 1. The van der Waals surface area contributed by atoms with E-state index in [0.717, 1.165) is 45.3 Å². The summed E-state index contributed by atoms with van der Waals surface area (Å²) in [6.07, 6.45) is 4.85. The molecule has 2 fully saturated rings. The summed E-state index contributed by atoms with van der Waals surface area (Å²) in [6.45, 7) is 7.90. The van der Waals surface area contributed by atoms with Crippen molar-refractivity contribution in [2.24, 2.45) is 5.73 Å². The van der Waals surface area contributed by atoms with E-state index < -0.39 is 5.54 Å². The molecule has 1 saturated heterocycles. The lowest BCUT2D eigenvalue weighted by molar-refractivity contribution is -0.149. The van der Waals surface area contributed by atoms with Crippen LogP contribution in [0.25, 0.3) is 0 Å². The fraction of sp³-hybridized carbons (Fsp3) is 0.938. The van der Waals surface area contributed by atoms with Gasteiger partial charge in [-0.1, -0.05) is 6.92 Å². The molecule has 2 N–H and O–H groups in total. The number of likely N-dealkylation sites (N-methyl/N-ethyl adjacent to an activating group) is 1. The van der Waals surface area contributed by atoms with Gasteiger partial charge in [0, 0.05) is 18.6 Å². The third kappa shape index (κ3) is 3.76. The van der Waals surface area contributed by atoms with Crippen LogP contribution in [0.15, 0.2) is 0 Å². The van der Waals surface area contributed by atoms with Crippen molar-refractivity contribution in [3.8, 4) is 0 Å². The third-order valence-corrected chi connectivity index (χ3v) is 5.09. The summed E-state index contributed by atoms with van der Waals surface area (Å²) in [5, 5.41) is 0. The summed E-state index contributed by atoms with van der Waals surface area (Å²) in [5.74, 6) is -0.215. The first kappa shape index (κ1) is 16.7. The van der Waals surface area contributed by atoms with Crippen LogP contribution in [0.2, 0.25) is 0 Å². The topological polar surface area (TPSA) is 58.8 Å². The molecule has 1 saturated carbocycles. The van der Waals surface area contributed by atoms with Crippen molar-refractivity contribution in [2.75, 3.05) is 33.3 Å². The lowest BCUT2D eigenvalue weighted by Crippen LogP contribution is -2.50.